The fraction of sp³-hybridized carbons (Fsp3) is 0.615. The van der Waals surface area contributed by atoms with Crippen molar-refractivity contribution in [3.63, 3.8) is 0 Å². The highest BCUT2D eigenvalue weighted by atomic mass is 32.2. The van der Waals surface area contributed by atoms with Gasteiger partial charge in [0, 0.05) is 47.4 Å². The molecule has 1 aliphatic rings. The van der Waals surface area contributed by atoms with Crippen LogP contribution in [0.4, 0.5) is 0 Å². The molecule has 2 aromatic rings. The Morgan fingerprint density at radius 2 is 1.79 bits per heavy atom. The Balaban J connectivity index is 1.43. The van der Waals surface area contributed by atoms with Crippen LogP contribution in [0, 0.1) is 0 Å². The molecule has 0 bridgehead atoms. The number of hydrogen-bond donors (Lipinski definition) is 1. The minimum absolute atomic E-state index is 0.0383. The first kappa shape index (κ1) is 25.8. The molecule has 1 fully saturated rings. The summed E-state index contributed by atoms with van der Waals surface area (Å²) in [6, 6.07) is 7.92. The van der Waals surface area contributed by atoms with Gasteiger partial charge in [0.15, 0.2) is 6.73 Å². The number of aromatic nitrogens is 1. The Kier molecular flexibility index (Phi) is 10.8. The monoisotopic (exact) mass is 473 g/mol. The minimum atomic E-state index is -0.236. The highest BCUT2D eigenvalue weighted by Crippen LogP contribution is 2.31. The van der Waals surface area contributed by atoms with Crippen LogP contribution < -0.4 is 11.3 Å². The maximum absolute atomic E-state index is 12.9. The molecule has 2 N–H and O–H groups in total. The van der Waals surface area contributed by atoms with Gasteiger partial charge in [0.25, 0.3) is 5.56 Å². The van der Waals surface area contributed by atoms with E-state index in [-0.39, 0.29) is 24.3 Å². The normalized spacial score (nSPS) is 16.5. The zero-order valence-electron chi connectivity index (χ0n) is 20.0. The van der Waals surface area contributed by atoms with Gasteiger partial charge in [-0.1, -0.05) is 64.4 Å². The number of esters is 1. The van der Waals surface area contributed by atoms with Crippen molar-refractivity contribution < 1.29 is 9.53 Å². The Bertz CT molecular complexity index is 946. The number of ether oxygens (including phenoxy) is 1. The molecule has 33 heavy (non-hydrogen) atoms. The van der Waals surface area contributed by atoms with Crippen molar-refractivity contribution in [2.75, 3.05) is 13.1 Å². The molecule has 3 rings (SSSR count). The standard InChI is InChI=1S/C26H39N3O3S/c1-2-3-4-5-6-7-8-9-10-14-25(30)32-20-28-17-16-22-23(26(28)31)12-11-13-24(22)33-29-18-15-21(27)19-29/h11-13,16-17,21H,2-10,14-15,18-20,27H2,1H3. The summed E-state index contributed by atoms with van der Waals surface area (Å²) in [4.78, 5) is 26.1. The van der Waals surface area contributed by atoms with E-state index in [1.807, 2.05) is 24.3 Å². The van der Waals surface area contributed by atoms with Gasteiger partial charge in [0.05, 0.1) is 0 Å². The van der Waals surface area contributed by atoms with Crippen LogP contribution in [0.5, 0.6) is 0 Å². The molecule has 6 nitrogen and oxygen atoms in total. The fourth-order valence-corrected chi connectivity index (χ4v) is 5.40. The number of hydrogen-bond acceptors (Lipinski definition) is 6. The van der Waals surface area contributed by atoms with E-state index >= 15 is 0 Å². The lowest BCUT2D eigenvalue weighted by molar-refractivity contribution is -0.147. The molecule has 0 aliphatic carbocycles. The largest absolute Gasteiger partial charge is 0.444 e. The van der Waals surface area contributed by atoms with Crippen molar-refractivity contribution in [2.24, 2.45) is 5.73 Å². The van der Waals surface area contributed by atoms with E-state index in [1.54, 1.807) is 18.1 Å². The van der Waals surface area contributed by atoms with Crippen LogP contribution in [0.1, 0.15) is 77.6 Å². The lowest BCUT2D eigenvalue weighted by Crippen LogP contribution is -2.23. The van der Waals surface area contributed by atoms with Gasteiger partial charge in [-0.3, -0.25) is 14.2 Å². The summed E-state index contributed by atoms with van der Waals surface area (Å²) in [5, 5.41) is 1.56. The van der Waals surface area contributed by atoms with Crippen LogP contribution in [0.2, 0.25) is 0 Å². The number of rotatable bonds is 14. The summed E-state index contributed by atoms with van der Waals surface area (Å²) in [6.07, 6.45) is 14.0. The van der Waals surface area contributed by atoms with Gasteiger partial charge < -0.3 is 10.5 Å². The average Bonchev–Trinajstić information content (AvgIpc) is 3.22. The van der Waals surface area contributed by atoms with Crippen LogP contribution in [-0.4, -0.2) is 34.0 Å². The molecular formula is C26H39N3O3S. The summed E-state index contributed by atoms with van der Waals surface area (Å²) in [6.45, 7) is 4.00. The smallest absolute Gasteiger partial charge is 0.307 e. The van der Waals surface area contributed by atoms with E-state index in [9.17, 15) is 9.59 Å². The molecule has 1 atom stereocenters. The molecule has 1 saturated heterocycles. The van der Waals surface area contributed by atoms with Gasteiger partial charge in [-0.05, 0) is 43.0 Å². The maximum Gasteiger partial charge on any atom is 0.307 e. The van der Waals surface area contributed by atoms with E-state index < -0.39 is 0 Å². The van der Waals surface area contributed by atoms with Gasteiger partial charge >= 0.3 is 5.97 Å². The number of benzene rings is 1. The molecule has 0 amide bonds. The second kappa shape index (κ2) is 13.8. The zero-order chi connectivity index (χ0) is 23.5. The van der Waals surface area contributed by atoms with E-state index in [0.29, 0.717) is 11.8 Å². The first-order valence-electron chi connectivity index (χ1n) is 12.5. The first-order chi connectivity index (χ1) is 16.1. The molecule has 2 heterocycles. The Morgan fingerprint density at radius 3 is 2.48 bits per heavy atom. The van der Waals surface area contributed by atoms with E-state index in [0.717, 1.165) is 42.6 Å². The predicted molar refractivity (Wildman–Crippen MR) is 136 cm³/mol. The van der Waals surface area contributed by atoms with Crippen molar-refractivity contribution >= 4 is 28.7 Å². The van der Waals surface area contributed by atoms with Crippen molar-refractivity contribution in [3.8, 4) is 0 Å². The van der Waals surface area contributed by atoms with Gasteiger partial charge in [0.1, 0.15) is 0 Å². The number of unbranched alkanes of at least 4 members (excludes halogenated alkanes) is 8. The van der Waals surface area contributed by atoms with E-state index in [4.69, 9.17) is 10.5 Å². The molecule has 1 unspecified atom stereocenters. The van der Waals surface area contributed by atoms with E-state index in [2.05, 4.69) is 11.2 Å². The lowest BCUT2D eigenvalue weighted by Gasteiger charge is -2.16. The summed E-state index contributed by atoms with van der Waals surface area (Å²) in [7, 11) is 0. The number of fused-ring (bicyclic) bond motifs is 1. The second-order valence-corrected chi connectivity index (χ2v) is 10.2. The molecule has 1 aliphatic heterocycles. The molecule has 0 radical (unpaired) electrons. The molecule has 1 aromatic heterocycles. The first-order valence-corrected chi connectivity index (χ1v) is 13.3. The quantitative estimate of drug-likeness (QED) is 0.223. The van der Waals surface area contributed by atoms with Gasteiger partial charge in [-0.15, -0.1) is 0 Å². The van der Waals surface area contributed by atoms with Crippen LogP contribution in [0.3, 0.4) is 0 Å². The second-order valence-electron chi connectivity index (χ2n) is 9.06. The third-order valence-electron chi connectivity index (χ3n) is 6.24. The zero-order valence-corrected chi connectivity index (χ0v) is 20.8. The molecule has 1 aromatic carbocycles. The van der Waals surface area contributed by atoms with Crippen LogP contribution in [-0.2, 0) is 16.3 Å². The van der Waals surface area contributed by atoms with Crippen molar-refractivity contribution in [3.05, 3.63) is 40.8 Å². The Hall–Kier alpha value is -1.83. The number of pyridine rings is 1. The number of nitrogens with two attached hydrogens (primary N) is 1. The maximum atomic E-state index is 12.9. The highest BCUT2D eigenvalue weighted by Gasteiger charge is 2.21. The van der Waals surface area contributed by atoms with Gasteiger partial charge in [0.2, 0.25) is 0 Å². The fourth-order valence-electron chi connectivity index (χ4n) is 4.24. The van der Waals surface area contributed by atoms with Crippen LogP contribution in [0.15, 0.2) is 40.2 Å². The van der Waals surface area contributed by atoms with Crippen molar-refractivity contribution in [2.45, 2.75) is 95.2 Å². The van der Waals surface area contributed by atoms with Gasteiger partial charge in [-0.25, -0.2) is 4.31 Å². The van der Waals surface area contributed by atoms with Crippen molar-refractivity contribution in [1.29, 1.82) is 0 Å². The molecule has 0 spiro atoms. The summed E-state index contributed by atoms with van der Waals surface area (Å²) in [5.74, 6) is -0.236. The molecule has 0 saturated carbocycles. The third-order valence-corrected chi connectivity index (χ3v) is 7.39. The molecular weight excluding hydrogens is 434 g/mol. The SMILES string of the molecule is CCCCCCCCCCCC(=O)OCn1ccc2c(SN3CCC(N)C3)cccc2c1=O. The summed E-state index contributed by atoms with van der Waals surface area (Å²) in [5.41, 5.74) is 5.88. The predicted octanol–water partition coefficient (Wildman–Crippen LogP) is 5.46. The highest BCUT2D eigenvalue weighted by molar-refractivity contribution is 7.97. The van der Waals surface area contributed by atoms with Crippen molar-refractivity contribution in [1.82, 2.24) is 8.87 Å². The Morgan fingerprint density at radius 1 is 1.06 bits per heavy atom. The third kappa shape index (κ3) is 8.16. The number of carbonyl (C=O) groups excluding carboxylic acids is 1. The Labute approximate surface area is 202 Å². The lowest BCUT2D eigenvalue weighted by atomic mass is 10.1. The minimum Gasteiger partial charge on any atom is -0.444 e. The van der Waals surface area contributed by atoms with Gasteiger partial charge in [-0.2, -0.15) is 0 Å². The van der Waals surface area contributed by atoms with Crippen LogP contribution in [0.25, 0.3) is 10.8 Å². The molecule has 182 valence electrons. The topological polar surface area (TPSA) is 77.6 Å². The van der Waals surface area contributed by atoms with Crippen LogP contribution >= 0.6 is 11.9 Å². The number of carbonyl (C=O) groups is 1. The molecule has 7 heteroatoms. The number of nitrogens with zero attached hydrogens (tertiary/aromatic N) is 2. The average molecular weight is 474 g/mol. The summed E-state index contributed by atoms with van der Waals surface area (Å²) < 4.78 is 9.09. The van der Waals surface area contributed by atoms with E-state index in [1.165, 1.54) is 49.5 Å². The summed E-state index contributed by atoms with van der Waals surface area (Å²) >= 11 is 1.66.